The second kappa shape index (κ2) is 11.4. The summed E-state index contributed by atoms with van der Waals surface area (Å²) in [6, 6.07) is 10.2. The monoisotopic (exact) mass is 516 g/mol. The first-order valence-corrected chi connectivity index (χ1v) is 10.1. The van der Waals surface area contributed by atoms with Crippen LogP contribution in [0.1, 0.15) is 5.56 Å². The molecule has 2 aromatic rings. The molecule has 3 rings (SSSR count). The molecule has 0 radical (unpaired) electrons. The highest BCUT2D eigenvalue weighted by Crippen LogP contribution is 2.24. The summed E-state index contributed by atoms with van der Waals surface area (Å²) in [5.41, 5.74) is 1.13. The molecule has 2 heterocycles. The van der Waals surface area contributed by atoms with Crippen molar-refractivity contribution < 1.29 is 9.47 Å². The van der Waals surface area contributed by atoms with Gasteiger partial charge in [0, 0.05) is 39.8 Å². The molecule has 0 amide bonds. The number of methoxy groups -OCH3 is 2. The number of nitrogens with zero attached hydrogens (tertiary/aromatic N) is 3. The Morgan fingerprint density at radius 1 is 1.14 bits per heavy atom. The average Bonchev–Trinajstić information content (AvgIpc) is 3.26. The van der Waals surface area contributed by atoms with Gasteiger partial charge in [0.1, 0.15) is 11.5 Å². The molecule has 0 bridgehead atoms. The van der Waals surface area contributed by atoms with Crippen LogP contribution in [-0.4, -0.2) is 64.9 Å². The summed E-state index contributed by atoms with van der Waals surface area (Å²) in [7, 11) is 5.23. The Balaban J connectivity index is 0.00000280. The summed E-state index contributed by atoms with van der Waals surface area (Å²) in [4.78, 5) is 9.23. The summed E-state index contributed by atoms with van der Waals surface area (Å²) in [6.45, 7) is 4.78. The number of hydrogen-bond donors (Lipinski definition) is 1. The normalized spacial score (nSPS) is 14.5. The molecule has 0 atom stereocenters. The highest BCUT2D eigenvalue weighted by molar-refractivity contribution is 14.0. The quantitative estimate of drug-likeness (QED) is 0.363. The Morgan fingerprint density at radius 2 is 1.93 bits per heavy atom. The first-order valence-electron chi connectivity index (χ1n) is 9.20. The van der Waals surface area contributed by atoms with E-state index in [0.717, 1.165) is 62.2 Å². The molecular formula is C20H29IN4O2S. The van der Waals surface area contributed by atoms with Crippen molar-refractivity contribution in [1.29, 1.82) is 0 Å². The molecule has 0 aliphatic carbocycles. The third-order valence-corrected chi connectivity index (χ3v) is 5.70. The van der Waals surface area contributed by atoms with Gasteiger partial charge >= 0.3 is 0 Å². The van der Waals surface area contributed by atoms with Crippen LogP contribution in [0.2, 0.25) is 0 Å². The number of thiophene rings is 1. The smallest absolute Gasteiger partial charge is 0.193 e. The number of guanidine groups is 1. The van der Waals surface area contributed by atoms with E-state index in [4.69, 9.17) is 9.47 Å². The number of aliphatic imine (C=N–C) groups is 1. The Bertz CT molecular complexity index is 747. The second-order valence-corrected chi connectivity index (χ2v) is 7.25. The third kappa shape index (κ3) is 5.66. The van der Waals surface area contributed by atoms with Crippen LogP contribution in [0.3, 0.4) is 0 Å². The van der Waals surface area contributed by atoms with Crippen molar-refractivity contribution in [1.82, 2.24) is 10.2 Å². The molecule has 1 saturated heterocycles. The van der Waals surface area contributed by atoms with Crippen LogP contribution in [0.25, 0.3) is 0 Å². The van der Waals surface area contributed by atoms with Crippen molar-refractivity contribution in [3.63, 3.8) is 0 Å². The van der Waals surface area contributed by atoms with Crippen molar-refractivity contribution in [2.24, 2.45) is 4.99 Å². The van der Waals surface area contributed by atoms with E-state index in [-0.39, 0.29) is 24.0 Å². The molecule has 1 aromatic heterocycles. The average molecular weight is 516 g/mol. The van der Waals surface area contributed by atoms with Crippen molar-refractivity contribution in [2.45, 2.75) is 6.42 Å². The van der Waals surface area contributed by atoms with E-state index in [1.165, 1.54) is 5.00 Å². The molecule has 1 aromatic carbocycles. The van der Waals surface area contributed by atoms with Gasteiger partial charge in [-0.05, 0) is 47.7 Å². The van der Waals surface area contributed by atoms with Gasteiger partial charge in [0.05, 0.1) is 19.2 Å². The van der Waals surface area contributed by atoms with Crippen LogP contribution in [0.4, 0.5) is 5.00 Å². The van der Waals surface area contributed by atoms with Gasteiger partial charge in [-0.3, -0.25) is 4.99 Å². The van der Waals surface area contributed by atoms with Crippen molar-refractivity contribution >= 4 is 46.3 Å². The maximum absolute atomic E-state index is 5.46. The van der Waals surface area contributed by atoms with E-state index in [9.17, 15) is 0 Å². The fraction of sp³-hybridized carbons (Fsp3) is 0.450. The Hall–Kier alpha value is -1.68. The van der Waals surface area contributed by atoms with Gasteiger partial charge in [-0.1, -0.05) is 0 Å². The number of nitrogens with one attached hydrogen (secondary N) is 1. The number of halogens is 1. The molecule has 1 aliphatic rings. The molecule has 8 heteroatoms. The highest BCUT2D eigenvalue weighted by Gasteiger charge is 2.20. The number of rotatable bonds is 6. The molecular weight excluding hydrogens is 487 g/mol. The molecule has 1 N–H and O–H groups in total. The molecule has 1 fully saturated rings. The van der Waals surface area contributed by atoms with E-state index < -0.39 is 0 Å². The zero-order valence-corrected chi connectivity index (χ0v) is 19.8. The Kier molecular flexibility index (Phi) is 9.17. The Labute approximate surface area is 188 Å². The fourth-order valence-electron chi connectivity index (χ4n) is 3.31. The number of hydrogen-bond acceptors (Lipinski definition) is 5. The summed E-state index contributed by atoms with van der Waals surface area (Å²) in [5, 5.41) is 6.97. The zero-order valence-electron chi connectivity index (χ0n) is 16.7. The minimum Gasteiger partial charge on any atom is -0.497 e. The SMILES string of the molecule is CN=C(NCCc1cc(OC)ccc1OC)N1CCN(c2cccs2)CC1.I. The fourth-order valence-corrected chi connectivity index (χ4v) is 4.09. The number of anilines is 1. The molecule has 6 nitrogen and oxygen atoms in total. The van der Waals surface area contributed by atoms with Crippen LogP contribution in [0, 0.1) is 0 Å². The third-order valence-electron chi connectivity index (χ3n) is 4.77. The van der Waals surface area contributed by atoms with Crippen LogP contribution < -0.4 is 19.7 Å². The van der Waals surface area contributed by atoms with Crippen molar-refractivity contribution in [2.75, 3.05) is 58.9 Å². The molecule has 154 valence electrons. The molecule has 1 aliphatic heterocycles. The van der Waals surface area contributed by atoms with E-state index >= 15 is 0 Å². The van der Waals surface area contributed by atoms with Crippen molar-refractivity contribution in [3.05, 3.63) is 41.3 Å². The Morgan fingerprint density at radius 3 is 2.54 bits per heavy atom. The van der Waals surface area contributed by atoms with Gasteiger partial charge in [0.2, 0.25) is 0 Å². The van der Waals surface area contributed by atoms with E-state index in [1.807, 2.05) is 25.2 Å². The lowest BCUT2D eigenvalue weighted by atomic mass is 10.1. The lowest BCUT2D eigenvalue weighted by Crippen LogP contribution is -2.52. The van der Waals surface area contributed by atoms with Gasteiger partial charge in [-0.2, -0.15) is 0 Å². The van der Waals surface area contributed by atoms with Crippen LogP contribution >= 0.6 is 35.3 Å². The lowest BCUT2D eigenvalue weighted by molar-refractivity contribution is 0.373. The van der Waals surface area contributed by atoms with Gasteiger partial charge in [0.25, 0.3) is 0 Å². The minimum atomic E-state index is 0. The van der Waals surface area contributed by atoms with E-state index in [0.29, 0.717) is 0 Å². The standard InChI is InChI=1S/C20H28N4O2S.HI/c1-21-20(24-12-10-23(11-13-24)19-5-4-14-27-19)22-9-8-16-15-17(25-2)6-7-18(16)26-3;/h4-7,14-15H,8-13H2,1-3H3,(H,21,22);1H. The first-order chi connectivity index (χ1) is 13.2. The van der Waals surface area contributed by atoms with E-state index in [2.05, 4.69) is 37.6 Å². The molecule has 28 heavy (non-hydrogen) atoms. The van der Waals surface area contributed by atoms with E-state index in [1.54, 1.807) is 25.6 Å². The topological polar surface area (TPSA) is 49.3 Å². The summed E-state index contributed by atoms with van der Waals surface area (Å²) in [6.07, 6.45) is 0.842. The predicted octanol–water partition coefficient (Wildman–Crippen LogP) is 3.32. The minimum absolute atomic E-state index is 0. The van der Waals surface area contributed by atoms with Gasteiger partial charge in [0.15, 0.2) is 5.96 Å². The maximum Gasteiger partial charge on any atom is 0.193 e. The number of ether oxygens (including phenoxy) is 2. The van der Waals surface area contributed by atoms with Gasteiger partial charge in [-0.15, -0.1) is 35.3 Å². The largest absolute Gasteiger partial charge is 0.497 e. The summed E-state index contributed by atoms with van der Waals surface area (Å²) < 4.78 is 10.8. The number of benzene rings is 1. The molecule has 0 spiro atoms. The van der Waals surface area contributed by atoms with Crippen LogP contribution in [0.5, 0.6) is 11.5 Å². The van der Waals surface area contributed by atoms with Crippen LogP contribution in [0.15, 0.2) is 40.7 Å². The lowest BCUT2D eigenvalue weighted by Gasteiger charge is -2.37. The zero-order chi connectivity index (χ0) is 19.1. The van der Waals surface area contributed by atoms with Gasteiger partial charge < -0.3 is 24.6 Å². The highest BCUT2D eigenvalue weighted by atomic mass is 127. The predicted molar refractivity (Wildman–Crippen MR) is 128 cm³/mol. The first kappa shape index (κ1) is 22.6. The summed E-state index contributed by atoms with van der Waals surface area (Å²) in [5.74, 6) is 2.69. The van der Waals surface area contributed by atoms with Crippen molar-refractivity contribution in [3.8, 4) is 11.5 Å². The van der Waals surface area contributed by atoms with Crippen LogP contribution in [-0.2, 0) is 6.42 Å². The van der Waals surface area contributed by atoms with Gasteiger partial charge in [-0.25, -0.2) is 0 Å². The molecule has 0 unspecified atom stereocenters. The molecule has 0 saturated carbocycles. The number of piperazine rings is 1. The second-order valence-electron chi connectivity index (χ2n) is 6.33. The maximum atomic E-state index is 5.46. The summed E-state index contributed by atoms with van der Waals surface area (Å²) >= 11 is 1.80.